The maximum Gasteiger partial charge on any atom is 0.114 e. The number of rotatable bonds is 64. The molecule has 2 nitrogen and oxygen atoms in total. The highest BCUT2D eigenvalue weighted by atomic mass is 32.1. The van der Waals surface area contributed by atoms with E-state index in [1.807, 2.05) is 22.7 Å². The van der Waals surface area contributed by atoms with Crippen molar-refractivity contribution in [3.8, 4) is 101 Å². The Hall–Kier alpha value is -4.92. The number of aryl methyl sites for hydroxylation is 10. The Morgan fingerprint density at radius 2 is 0.457 bits per heavy atom. The highest BCUT2D eigenvalue weighted by Gasteiger charge is 2.43. The summed E-state index contributed by atoms with van der Waals surface area (Å²) in [6, 6.07) is 41.7. The molecular formula is C118H162N2S9. The Morgan fingerprint density at radius 3 is 0.791 bits per heavy atom. The van der Waals surface area contributed by atoms with Gasteiger partial charge in [-0.05, 0) is 256 Å². The summed E-state index contributed by atoms with van der Waals surface area (Å²) in [6.45, 7) is 28.4. The van der Waals surface area contributed by atoms with Crippen LogP contribution in [0.5, 0.6) is 0 Å². The Labute approximate surface area is 820 Å². The van der Waals surface area contributed by atoms with Gasteiger partial charge in [0.1, 0.15) is 11.0 Å². The second-order valence-corrected chi connectivity index (χ2v) is 48.0. The van der Waals surface area contributed by atoms with Crippen molar-refractivity contribution in [3.05, 3.63) is 163 Å². The molecule has 0 N–H and O–H groups in total. The van der Waals surface area contributed by atoms with Crippen LogP contribution in [0.25, 0.3) is 112 Å². The van der Waals surface area contributed by atoms with Crippen LogP contribution in [0.3, 0.4) is 0 Å². The molecule has 1 unspecified atom stereocenters. The van der Waals surface area contributed by atoms with Gasteiger partial charge in [-0.3, -0.25) is 0 Å². The van der Waals surface area contributed by atoms with Crippen molar-refractivity contribution in [1.82, 2.24) is 8.75 Å². The van der Waals surface area contributed by atoms with E-state index in [4.69, 9.17) is 8.75 Å². The van der Waals surface area contributed by atoms with Crippen LogP contribution < -0.4 is 0 Å². The van der Waals surface area contributed by atoms with Crippen LogP contribution in [0.4, 0.5) is 0 Å². The first-order chi connectivity index (χ1) is 63.4. The first-order valence-electron chi connectivity index (χ1n) is 52.9. The van der Waals surface area contributed by atoms with E-state index in [9.17, 15) is 0 Å². The second-order valence-electron chi connectivity index (χ2n) is 38.8. The number of thiophene rings is 8. The molecule has 0 saturated carbocycles. The van der Waals surface area contributed by atoms with E-state index < -0.39 is 0 Å². The lowest BCUT2D eigenvalue weighted by Gasteiger charge is -2.33. The lowest BCUT2D eigenvalue weighted by atomic mass is 9.70. The SMILES string of the molecule is CCCCCCCCCC1(CCCCCCCC)c2cc(C)ccc2-c2ccc(-c3sc(-c4sc(-c5sc(-c6sc(-c7ccc(-c8cc(CCCCCC)c(-c9cc(CCCCCC)c(-c%10cc(CCCCCC)c(-c%11cc(CCCCCC)c(C)s%11)s%10)s9)s8)c8nsnc78)cc6CCCCCC)cc5CCCCCC)cc4CCCCCC)cc3CCCCCC)cc21. The molecule has 129 heavy (non-hydrogen) atoms. The van der Waals surface area contributed by atoms with E-state index >= 15 is 0 Å². The Bertz CT molecular complexity index is 5320. The standard InChI is InChI=1S/C118H162N2S9/c1-13-23-33-43-45-47-57-73-118(72-56-46-44-34-24-14-2)99-74-84(11)66-68-95(99)96-69-67-94(75-100(96)118)111-87(59-49-36-26-16-4)79-104(124-111)115-91(63-53-40-30-20-8)83-108(128-115)117-93(65-55-42-32-22-10)82-106(127-117)114-89(61-51-38-28-18-6)78-102(123-114)98-71-70-97(109-110(98)120-129-119-109)101-77-88(60-50-37-27-17-5)113(122-101)105-81-92(64-54-41-31-21-9)116(126-105)107-80-90(62-52-39-29-19-7)112(125-107)103-76-86(85(12)121-103)58-48-35-25-15-3/h66-71,74-83H,13-65,72-73H2,1-12H3. The second kappa shape index (κ2) is 53.5. The lowest BCUT2D eigenvalue weighted by molar-refractivity contribution is 0.397. The fraction of sp³-hybridized carbons (Fsp3) is 0.576. The van der Waals surface area contributed by atoms with Gasteiger partial charge >= 0.3 is 0 Å². The van der Waals surface area contributed by atoms with Gasteiger partial charge in [-0.1, -0.05) is 355 Å². The minimum absolute atomic E-state index is 0.0436. The van der Waals surface area contributed by atoms with Crippen molar-refractivity contribution in [3.63, 3.8) is 0 Å². The van der Waals surface area contributed by atoms with Crippen molar-refractivity contribution in [2.24, 2.45) is 0 Å². The zero-order valence-corrected chi connectivity index (χ0v) is 89.5. The van der Waals surface area contributed by atoms with Gasteiger partial charge in [0.05, 0.1) is 11.7 Å². The predicted molar refractivity (Wildman–Crippen MR) is 588 cm³/mol. The zero-order valence-electron chi connectivity index (χ0n) is 82.2. The van der Waals surface area contributed by atoms with Crippen molar-refractivity contribution < 1.29 is 0 Å². The molecule has 9 heterocycles. The molecule has 12 aromatic rings. The molecule has 0 radical (unpaired) electrons. The number of nitrogens with zero attached hydrogens (tertiary/aromatic N) is 2. The van der Waals surface area contributed by atoms with Gasteiger partial charge in [0.15, 0.2) is 0 Å². The molecule has 3 aromatic carbocycles. The van der Waals surface area contributed by atoms with Crippen LogP contribution in [0.2, 0.25) is 0 Å². The molecule has 1 aliphatic rings. The summed E-state index contributed by atoms with van der Waals surface area (Å²) in [4.78, 5) is 23.7. The van der Waals surface area contributed by atoms with Gasteiger partial charge in [0, 0.05) is 94.6 Å². The lowest BCUT2D eigenvalue weighted by Crippen LogP contribution is -2.25. The molecule has 0 bridgehead atoms. The van der Waals surface area contributed by atoms with E-state index in [1.54, 1.807) is 54.3 Å². The van der Waals surface area contributed by atoms with Gasteiger partial charge in [0.2, 0.25) is 0 Å². The third-order valence-electron chi connectivity index (χ3n) is 28.3. The number of fused-ring (bicyclic) bond motifs is 4. The quantitative estimate of drug-likeness (QED) is 0.0355. The summed E-state index contributed by atoms with van der Waals surface area (Å²) in [6.07, 6.45) is 69.9. The van der Waals surface area contributed by atoms with Crippen molar-refractivity contribution in [1.29, 1.82) is 0 Å². The summed E-state index contributed by atoms with van der Waals surface area (Å²) in [7, 11) is 0. The van der Waals surface area contributed by atoms with Crippen molar-refractivity contribution in [2.75, 3.05) is 0 Å². The van der Waals surface area contributed by atoms with Crippen LogP contribution in [0.15, 0.2) is 97.1 Å². The number of unbranched alkanes of at least 4 members (excludes halogenated alkanes) is 35. The molecule has 0 aliphatic heterocycles. The van der Waals surface area contributed by atoms with Crippen LogP contribution >= 0.6 is 102 Å². The topological polar surface area (TPSA) is 25.8 Å². The predicted octanol–water partition coefficient (Wildman–Crippen LogP) is 42.9. The molecular weight excluding hydrogens is 1730 g/mol. The number of benzene rings is 3. The fourth-order valence-electron chi connectivity index (χ4n) is 20.7. The molecule has 0 saturated heterocycles. The normalized spacial score (nSPS) is 13.3. The van der Waals surface area contributed by atoms with Crippen LogP contribution in [-0.2, 0) is 56.8 Å². The molecule has 9 aromatic heterocycles. The number of hydrogen-bond donors (Lipinski definition) is 0. The molecule has 1 aliphatic carbocycles. The van der Waals surface area contributed by atoms with Gasteiger partial charge in [0.25, 0.3) is 0 Å². The van der Waals surface area contributed by atoms with E-state index in [-0.39, 0.29) is 5.41 Å². The number of aromatic nitrogens is 2. The maximum absolute atomic E-state index is 5.35. The minimum Gasteiger partial charge on any atom is -0.172 e. The maximum atomic E-state index is 5.35. The summed E-state index contributed by atoms with van der Waals surface area (Å²) in [5, 5.41) is 0. The Balaban J connectivity index is 0.873. The first kappa shape index (κ1) is 102. The highest BCUT2D eigenvalue weighted by molar-refractivity contribution is 7.30. The number of hydrogen-bond acceptors (Lipinski definition) is 11. The fourth-order valence-corrected chi connectivity index (χ4v) is 31.7. The average Bonchev–Trinajstić information content (AvgIpc) is 1.56. The van der Waals surface area contributed by atoms with Crippen molar-refractivity contribution >= 4 is 113 Å². The summed E-state index contributed by atoms with van der Waals surface area (Å²) >= 11 is 18.2. The Kier molecular flexibility index (Phi) is 42.1. The molecule has 0 fully saturated rings. The van der Waals surface area contributed by atoms with Crippen molar-refractivity contribution in [2.45, 2.75) is 442 Å². The monoisotopic (exact) mass is 1900 g/mol. The van der Waals surface area contributed by atoms with Crippen LogP contribution in [0.1, 0.15) is 437 Å². The molecule has 0 spiro atoms. The summed E-state index contributed by atoms with van der Waals surface area (Å²) in [5.74, 6) is 0. The van der Waals surface area contributed by atoms with Gasteiger partial charge < -0.3 is 0 Å². The van der Waals surface area contributed by atoms with Gasteiger partial charge in [-0.2, -0.15) is 8.75 Å². The van der Waals surface area contributed by atoms with Gasteiger partial charge in [-0.25, -0.2) is 0 Å². The molecule has 13 rings (SSSR count). The van der Waals surface area contributed by atoms with Crippen LogP contribution in [-0.4, -0.2) is 8.75 Å². The van der Waals surface area contributed by atoms with E-state index in [0.717, 1.165) is 49.6 Å². The third kappa shape index (κ3) is 26.9. The zero-order chi connectivity index (χ0) is 90.1. The average molecular weight is 1900 g/mol. The smallest absolute Gasteiger partial charge is 0.114 e. The minimum atomic E-state index is 0.0436. The first-order valence-corrected chi connectivity index (χ1v) is 60.2. The molecule has 11 heteroatoms. The molecule has 698 valence electrons. The summed E-state index contributed by atoms with van der Waals surface area (Å²) in [5.41, 5.74) is 26.3. The Morgan fingerprint density at radius 1 is 0.217 bits per heavy atom. The van der Waals surface area contributed by atoms with Crippen LogP contribution in [0, 0.1) is 13.8 Å². The van der Waals surface area contributed by atoms with Gasteiger partial charge in [-0.15, -0.1) is 90.7 Å². The largest absolute Gasteiger partial charge is 0.172 e. The van der Waals surface area contributed by atoms with E-state index in [2.05, 4.69) is 248 Å². The molecule has 1 atom stereocenters. The third-order valence-corrected chi connectivity index (χ3v) is 39.4. The van der Waals surface area contributed by atoms with E-state index in [0.29, 0.717) is 0 Å². The summed E-state index contributed by atoms with van der Waals surface area (Å²) < 4.78 is 10.7. The van der Waals surface area contributed by atoms with E-state index in [1.165, 1.54) is 439 Å². The molecule has 0 amide bonds. The highest BCUT2D eigenvalue weighted by Crippen LogP contribution is 2.59.